The quantitative estimate of drug-likeness (QED) is 0.557. The van der Waals surface area contributed by atoms with E-state index in [1.165, 1.54) is 10.4 Å². The fraction of sp³-hybridized carbons (Fsp3) is 0.556. The van der Waals surface area contributed by atoms with Gasteiger partial charge in [-0.25, -0.2) is 0 Å². The Kier molecular flexibility index (Phi) is 7.57. The maximum absolute atomic E-state index is 7.41. The molecule has 32 heavy (non-hydrogen) atoms. The Morgan fingerprint density at radius 1 is 0.812 bits per heavy atom. The minimum absolute atomic E-state index is 0.0108. The zero-order valence-corrected chi connectivity index (χ0v) is 23.4. The second-order valence-electron chi connectivity index (χ2n) is 11.7. The molecule has 0 amide bonds. The number of hydrogen-bond donors (Lipinski definition) is 1. The molecule has 1 N–H and O–H groups in total. The molecule has 1 saturated heterocycles. The van der Waals surface area contributed by atoms with Crippen LogP contribution in [-0.4, -0.2) is 41.9 Å². The average Bonchev–Trinajstić information content (AvgIpc) is 3.17. The van der Waals surface area contributed by atoms with Gasteiger partial charge in [-0.15, -0.1) is 0 Å². The Balaban J connectivity index is 1.96. The molecule has 5 heteroatoms. The second kappa shape index (κ2) is 9.55. The van der Waals surface area contributed by atoms with Crippen LogP contribution in [0.25, 0.3) is 0 Å². The maximum atomic E-state index is 7.41. The molecule has 2 atom stereocenters. The van der Waals surface area contributed by atoms with Gasteiger partial charge in [0.25, 0.3) is 8.32 Å². The highest BCUT2D eigenvalue weighted by molar-refractivity contribution is 6.99. The number of rotatable bonds is 7. The molecule has 1 aliphatic rings. The largest absolute Gasteiger partial charge is 0.415 e. The van der Waals surface area contributed by atoms with Gasteiger partial charge in [-0.3, -0.25) is 0 Å². The molecule has 0 saturated carbocycles. The predicted octanol–water partition coefficient (Wildman–Crippen LogP) is 5.32. The van der Waals surface area contributed by atoms with Crippen molar-refractivity contribution in [1.29, 1.82) is 0 Å². The van der Waals surface area contributed by atoms with Gasteiger partial charge >= 0.3 is 0 Å². The van der Waals surface area contributed by atoms with Crippen LogP contribution in [0.4, 0.5) is 0 Å². The van der Waals surface area contributed by atoms with Crippen molar-refractivity contribution in [2.75, 3.05) is 13.2 Å². The lowest BCUT2D eigenvalue weighted by Crippen LogP contribution is -2.68. The summed E-state index contributed by atoms with van der Waals surface area (Å²) in [6.07, 6.45) is 1.17. The van der Waals surface area contributed by atoms with Crippen LogP contribution < -0.4 is 15.7 Å². The highest BCUT2D eigenvalue weighted by atomic mass is 28.4. The zero-order valence-electron chi connectivity index (χ0n) is 21.4. The van der Waals surface area contributed by atoms with Crippen molar-refractivity contribution in [2.24, 2.45) is 0 Å². The summed E-state index contributed by atoms with van der Waals surface area (Å²) < 4.78 is 14.0. The van der Waals surface area contributed by atoms with Gasteiger partial charge in [-0.05, 0) is 46.5 Å². The van der Waals surface area contributed by atoms with Crippen LogP contribution in [0.15, 0.2) is 60.7 Å². The Morgan fingerprint density at radius 2 is 1.31 bits per heavy atom. The van der Waals surface area contributed by atoms with E-state index in [1.807, 2.05) is 0 Å². The second-order valence-corrected chi connectivity index (χ2v) is 20.8. The highest BCUT2D eigenvalue weighted by Crippen LogP contribution is 2.39. The van der Waals surface area contributed by atoms with Gasteiger partial charge in [-0.1, -0.05) is 102 Å². The molecule has 0 bridgehead atoms. The normalized spacial score (nSPS) is 20.5. The molecule has 0 radical (unpaired) electrons. The summed E-state index contributed by atoms with van der Waals surface area (Å²) in [6, 6.07) is 22.1. The van der Waals surface area contributed by atoms with Gasteiger partial charge in [0.1, 0.15) is 0 Å². The van der Waals surface area contributed by atoms with E-state index in [4.69, 9.17) is 8.85 Å². The Labute approximate surface area is 198 Å². The van der Waals surface area contributed by atoms with E-state index in [1.54, 1.807) is 0 Å². The standard InChI is InChI=1S/C27H43NO2Si2/c1-26(2,3)31(7,8)29-21-24-25(19-20-28-24)30-32(27(4,5)6,22-15-11-9-12-16-22)23-17-13-10-14-18-23/h9-18,24-25,28H,19-21H2,1-8H3/t24-,25-/m0/s1. The average molecular weight is 470 g/mol. The first kappa shape index (κ1) is 25.4. The van der Waals surface area contributed by atoms with Gasteiger partial charge < -0.3 is 14.2 Å². The smallest absolute Gasteiger partial charge is 0.261 e. The van der Waals surface area contributed by atoms with E-state index in [2.05, 4.69) is 121 Å². The molecule has 0 unspecified atom stereocenters. The minimum atomic E-state index is -2.55. The molecule has 2 aromatic carbocycles. The zero-order chi connectivity index (χ0) is 23.6. The van der Waals surface area contributed by atoms with Crippen LogP contribution in [0, 0.1) is 0 Å². The monoisotopic (exact) mass is 469 g/mol. The van der Waals surface area contributed by atoms with Crippen molar-refractivity contribution in [3.05, 3.63) is 60.7 Å². The number of benzene rings is 2. The van der Waals surface area contributed by atoms with E-state index in [0.717, 1.165) is 19.6 Å². The first-order valence-electron chi connectivity index (χ1n) is 12.0. The van der Waals surface area contributed by atoms with Crippen molar-refractivity contribution in [1.82, 2.24) is 5.32 Å². The van der Waals surface area contributed by atoms with Crippen molar-refractivity contribution >= 4 is 27.0 Å². The number of hydrogen-bond acceptors (Lipinski definition) is 3. The summed E-state index contributed by atoms with van der Waals surface area (Å²) in [7, 11) is -4.36. The van der Waals surface area contributed by atoms with E-state index in [0.29, 0.717) is 0 Å². The van der Waals surface area contributed by atoms with Crippen LogP contribution in [0.2, 0.25) is 23.2 Å². The molecule has 0 aliphatic carbocycles. The predicted molar refractivity (Wildman–Crippen MR) is 142 cm³/mol. The highest BCUT2D eigenvalue weighted by Gasteiger charge is 2.52. The van der Waals surface area contributed by atoms with Crippen LogP contribution in [-0.2, 0) is 8.85 Å². The molecule has 0 aromatic heterocycles. The Hall–Kier alpha value is -1.25. The summed E-state index contributed by atoms with van der Waals surface area (Å²) in [6.45, 7) is 20.3. The summed E-state index contributed by atoms with van der Waals surface area (Å²) in [5, 5.41) is 6.58. The molecule has 0 spiro atoms. The SMILES string of the molecule is CC(C)(C)[Si](C)(C)OC[C@@H]1NCC[C@@H]1O[Si](c1ccccc1)(c1ccccc1)C(C)(C)C. The van der Waals surface area contributed by atoms with Crippen molar-refractivity contribution < 1.29 is 8.85 Å². The van der Waals surface area contributed by atoms with Crippen LogP contribution >= 0.6 is 0 Å². The molecular formula is C27H43NO2Si2. The van der Waals surface area contributed by atoms with Gasteiger partial charge in [0.2, 0.25) is 0 Å². The third-order valence-corrected chi connectivity index (χ3v) is 17.0. The van der Waals surface area contributed by atoms with E-state index in [-0.39, 0.29) is 22.2 Å². The topological polar surface area (TPSA) is 30.5 Å². The van der Waals surface area contributed by atoms with Gasteiger partial charge in [-0.2, -0.15) is 0 Å². The first-order valence-corrected chi connectivity index (χ1v) is 16.9. The molecule has 3 rings (SSSR count). The van der Waals surface area contributed by atoms with Gasteiger partial charge in [0.15, 0.2) is 8.32 Å². The summed E-state index contributed by atoms with van der Waals surface area (Å²) in [5.74, 6) is 0. The molecule has 1 aliphatic heterocycles. The molecular weight excluding hydrogens is 426 g/mol. The molecule has 176 valence electrons. The number of nitrogens with one attached hydrogen (secondary N) is 1. The lowest BCUT2D eigenvalue weighted by atomic mass is 10.2. The summed E-state index contributed by atoms with van der Waals surface area (Å²) in [5.41, 5.74) is 0. The maximum Gasteiger partial charge on any atom is 0.261 e. The van der Waals surface area contributed by atoms with Crippen LogP contribution in [0.3, 0.4) is 0 Å². The Bertz CT molecular complexity index is 817. The fourth-order valence-corrected chi connectivity index (χ4v) is 10.3. The molecule has 3 nitrogen and oxygen atoms in total. The summed E-state index contributed by atoms with van der Waals surface area (Å²) >= 11 is 0. The van der Waals surface area contributed by atoms with Crippen LogP contribution in [0.5, 0.6) is 0 Å². The van der Waals surface area contributed by atoms with E-state index < -0.39 is 16.6 Å². The first-order chi connectivity index (χ1) is 14.9. The molecule has 1 heterocycles. The summed E-state index contributed by atoms with van der Waals surface area (Å²) in [4.78, 5) is 0. The van der Waals surface area contributed by atoms with Crippen LogP contribution in [0.1, 0.15) is 48.0 Å². The molecule has 1 fully saturated rings. The lowest BCUT2D eigenvalue weighted by Gasteiger charge is -2.45. The lowest BCUT2D eigenvalue weighted by molar-refractivity contribution is 0.134. The van der Waals surface area contributed by atoms with Crippen molar-refractivity contribution in [2.45, 2.75) is 83.3 Å². The third kappa shape index (κ3) is 5.12. The fourth-order valence-electron chi connectivity index (χ4n) is 4.48. The van der Waals surface area contributed by atoms with Gasteiger partial charge in [0, 0.05) is 0 Å². The Morgan fingerprint density at radius 3 is 1.75 bits per heavy atom. The van der Waals surface area contributed by atoms with Gasteiger partial charge in [0.05, 0.1) is 18.8 Å². The van der Waals surface area contributed by atoms with Crippen molar-refractivity contribution in [3.63, 3.8) is 0 Å². The van der Waals surface area contributed by atoms with E-state index in [9.17, 15) is 0 Å². The molecule has 2 aromatic rings. The third-order valence-electron chi connectivity index (χ3n) is 7.46. The minimum Gasteiger partial charge on any atom is -0.415 e. The van der Waals surface area contributed by atoms with Crippen molar-refractivity contribution in [3.8, 4) is 0 Å². The van der Waals surface area contributed by atoms with E-state index >= 15 is 0 Å².